The van der Waals surface area contributed by atoms with E-state index in [0.29, 0.717) is 0 Å². The Labute approximate surface area is 90.0 Å². The maximum atomic E-state index is 12.1. The van der Waals surface area contributed by atoms with Gasteiger partial charge in [-0.05, 0) is 43.0 Å². The lowest BCUT2D eigenvalue weighted by Gasteiger charge is -2.29. The Morgan fingerprint density at radius 1 is 1.47 bits per heavy atom. The standard InChI is InChI=1S/C13H16O2/c1-13(2)7-3-5-10(12(13)14)9-11-6-4-8-15-11/h4,6,8-9H,3,5,7H2,1-2H3/b10-9-. The second kappa shape index (κ2) is 3.69. The number of hydrogen-bond acceptors (Lipinski definition) is 2. The van der Waals surface area contributed by atoms with Gasteiger partial charge in [-0.3, -0.25) is 4.79 Å². The van der Waals surface area contributed by atoms with Gasteiger partial charge in [0.1, 0.15) is 5.76 Å². The number of rotatable bonds is 1. The van der Waals surface area contributed by atoms with Crippen LogP contribution in [0.2, 0.25) is 0 Å². The number of allylic oxidation sites excluding steroid dienone is 1. The van der Waals surface area contributed by atoms with Crippen molar-refractivity contribution in [2.24, 2.45) is 5.41 Å². The van der Waals surface area contributed by atoms with Crippen molar-refractivity contribution in [2.45, 2.75) is 33.1 Å². The summed E-state index contributed by atoms with van der Waals surface area (Å²) < 4.78 is 5.22. The van der Waals surface area contributed by atoms with Gasteiger partial charge in [0.15, 0.2) is 5.78 Å². The van der Waals surface area contributed by atoms with E-state index in [-0.39, 0.29) is 11.2 Å². The normalized spacial score (nSPS) is 23.3. The van der Waals surface area contributed by atoms with Gasteiger partial charge >= 0.3 is 0 Å². The maximum Gasteiger partial charge on any atom is 0.164 e. The topological polar surface area (TPSA) is 30.2 Å². The molecule has 0 bridgehead atoms. The van der Waals surface area contributed by atoms with Crippen molar-refractivity contribution < 1.29 is 9.21 Å². The summed E-state index contributed by atoms with van der Waals surface area (Å²) in [6.45, 7) is 4.04. The molecule has 2 rings (SSSR count). The van der Waals surface area contributed by atoms with E-state index in [4.69, 9.17) is 4.42 Å². The van der Waals surface area contributed by atoms with E-state index in [1.165, 1.54) is 0 Å². The number of Topliss-reactive ketones (excluding diaryl/α,β-unsaturated/α-hetero) is 1. The van der Waals surface area contributed by atoms with Gasteiger partial charge in [0.2, 0.25) is 0 Å². The summed E-state index contributed by atoms with van der Waals surface area (Å²) in [4.78, 5) is 12.1. The first-order valence-electron chi connectivity index (χ1n) is 5.38. The molecular formula is C13H16O2. The minimum Gasteiger partial charge on any atom is -0.465 e. The van der Waals surface area contributed by atoms with Crippen molar-refractivity contribution in [2.75, 3.05) is 0 Å². The lowest BCUT2D eigenvalue weighted by atomic mass is 9.74. The van der Waals surface area contributed by atoms with Crippen LogP contribution in [-0.2, 0) is 4.79 Å². The van der Waals surface area contributed by atoms with E-state index in [2.05, 4.69) is 0 Å². The molecular weight excluding hydrogens is 188 g/mol. The molecule has 1 heterocycles. The zero-order valence-electron chi connectivity index (χ0n) is 9.25. The van der Waals surface area contributed by atoms with Crippen LogP contribution in [-0.4, -0.2) is 5.78 Å². The SMILES string of the molecule is CC1(C)CCC/C(=C/c2ccco2)C1=O. The summed E-state index contributed by atoms with van der Waals surface area (Å²) in [6.07, 6.45) is 6.46. The zero-order chi connectivity index (χ0) is 10.9. The minimum atomic E-state index is -0.198. The molecule has 0 radical (unpaired) electrons. The number of furan rings is 1. The molecule has 1 aromatic heterocycles. The fraction of sp³-hybridized carbons (Fsp3) is 0.462. The third kappa shape index (κ3) is 2.04. The highest BCUT2D eigenvalue weighted by molar-refractivity contribution is 6.03. The predicted molar refractivity (Wildman–Crippen MR) is 59.3 cm³/mol. The lowest BCUT2D eigenvalue weighted by molar-refractivity contribution is -0.124. The Hall–Kier alpha value is -1.31. The highest BCUT2D eigenvalue weighted by atomic mass is 16.3. The van der Waals surface area contributed by atoms with E-state index in [0.717, 1.165) is 30.6 Å². The molecule has 0 aromatic carbocycles. The smallest absolute Gasteiger partial charge is 0.164 e. The average molecular weight is 204 g/mol. The zero-order valence-corrected chi connectivity index (χ0v) is 9.25. The third-order valence-electron chi connectivity index (χ3n) is 3.01. The molecule has 0 spiro atoms. The van der Waals surface area contributed by atoms with Crippen LogP contribution in [0, 0.1) is 5.41 Å². The van der Waals surface area contributed by atoms with Crippen LogP contribution in [0.3, 0.4) is 0 Å². The maximum absolute atomic E-state index is 12.1. The first kappa shape index (κ1) is 10.2. The van der Waals surface area contributed by atoms with Crippen molar-refractivity contribution >= 4 is 11.9 Å². The van der Waals surface area contributed by atoms with Crippen LogP contribution in [0.4, 0.5) is 0 Å². The molecule has 1 aromatic rings. The van der Waals surface area contributed by atoms with Gasteiger partial charge in [-0.25, -0.2) is 0 Å². The minimum absolute atomic E-state index is 0.198. The van der Waals surface area contributed by atoms with Crippen LogP contribution in [0.15, 0.2) is 28.4 Å². The molecule has 2 heteroatoms. The summed E-state index contributed by atoms with van der Waals surface area (Å²) in [5, 5.41) is 0. The fourth-order valence-corrected chi connectivity index (χ4v) is 2.07. The molecule has 0 unspecified atom stereocenters. The molecule has 15 heavy (non-hydrogen) atoms. The fourth-order valence-electron chi connectivity index (χ4n) is 2.07. The molecule has 1 saturated carbocycles. The molecule has 0 saturated heterocycles. The lowest BCUT2D eigenvalue weighted by Crippen LogP contribution is -2.29. The third-order valence-corrected chi connectivity index (χ3v) is 3.01. The number of carbonyl (C=O) groups is 1. The van der Waals surface area contributed by atoms with Crippen LogP contribution in [0.25, 0.3) is 6.08 Å². The van der Waals surface area contributed by atoms with Crippen molar-refractivity contribution in [3.63, 3.8) is 0 Å². The van der Waals surface area contributed by atoms with Gasteiger partial charge in [0.05, 0.1) is 6.26 Å². The highest BCUT2D eigenvalue weighted by Gasteiger charge is 2.33. The van der Waals surface area contributed by atoms with Gasteiger partial charge < -0.3 is 4.42 Å². The molecule has 1 aliphatic rings. The molecule has 0 N–H and O–H groups in total. The number of carbonyl (C=O) groups excluding carboxylic acids is 1. The van der Waals surface area contributed by atoms with E-state index in [1.54, 1.807) is 6.26 Å². The summed E-state index contributed by atoms with van der Waals surface area (Å²) >= 11 is 0. The Morgan fingerprint density at radius 2 is 2.27 bits per heavy atom. The van der Waals surface area contributed by atoms with Crippen LogP contribution in [0.5, 0.6) is 0 Å². The molecule has 1 fully saturated rings. The van der Waals surface area contributed by atoms with Gasteiger partial charge in [-0.15, -0.1) is 0 Å². The Morgan fingerprint density at radius 3 is 2.93 bits per heavy atom. The van der Waals surface area contributed by atoms with Crippen molar-refractivity contribution in [1.29, 1.82) is 0 Å². The quantitative estimate of drug-likeness (QED) is 0.656. The summed E-state index contributed by atoms with van der Waals surface area (Å²) in [5.41, 5.74) is 0.706. The van der Waals surface area contributed by atoms with Crippen molar-refractivity contribution in [3.8, 4) is 0 Å². The van der Waals surface area contributed by atoms with Crippen LogP contribution in [0.1, 0.15) is 38.9 Å². The Kier molecular flexibility index (Phi) is 2.51. The first-order valence-corrected chi connectivity index (χ1v) is 5.38. The van der Waals surface area contributed by atoms with Gasteiger partial charge in [-0.2, -0.15) is 0 Å². The molecule has 2 nitrogen and oxygen atoms in total. The predicted octanol–water partition coefficient (Wildman–Crippen LogP) is 3.44. The van der Waals surface area contributed by atoms with E-state index in [9.17, 15) is 4.79 Å². The second-order valence-electron chi connectivity index (χ2n) is 4.75. The van der Waals surface area contributed by atoms with E-state index >= 15 is 0 Å². The summed E-state index contributed by atoms with van der Waals surface area (Å²) in [7, 11) is 0. The molecule has 0 aliphatic heterocycles. The summed E-state index contributed by atoms with van der Waals surface area (Å²) in [6, 6.07) is 3.72. The van der Waals surface area contributed by atoms with E-state index in [1.807, 2.05) is 32.1 Å². The number of hydrogen-bond donors (Lipinski definition) is 0. The molecule has 0 atom stereocenters. The molecule has 1 aliphatic carbocycles. The molecule has 0 amide bonds. The monoisotopic (exact) mass is 204 g/mol. The highest BCUT2D eigenvalue weighted by Crippen LogP contribution is 2.35. The van der Waals surface area contributed by atoms with Gasteiger partial charge in [0, 0.05) is 5.41 Å². The van der Waals surface area contributed by atoms with E-state index < -0.39 is 0 Å². The number of ketones is 1. The first-order chi connectivity index (χ1) is 7.09. The van der Waals surface area contributed by atoms with Gasteiger partial charge in [0.25, 0.3) is 0 Å². The largest absolute Gasteiger partial charge is 0.465 e. The Bertz CT molecular complexity index is 383. The van der Waals surface area contributed by atoms with Gasteiger partial charge in [-0.1, -0.05) is 13.8 Å². The average Bonchev–Trinajstić information content (AvgIpc) is 2.65. The van der Waals surface area contributed by atoms with Crippen molar-refractivity contribution in [3.05, 3.63) is 29.7 Å². The molecule has 80 valence electrons. The van der Waals surface area contributed by atoms with Crippen LogP contribution < -0.4 is 0 Å². The van der Waals surface area contributed by atoms with Crippen molar-refractivity contribution in [1.82, 2.24) is 0 Å². The van der Waals surface area contributed by atoms with Crippen LogP contribution >= 0.6 is 0 Å². The Balaban J connectivity index is 2.26. The second-order valence-corrected chi connectivity index (χ2v) is 4.75. The summed E-state index contributed by atoms with van der Waals surface area (Å²) in [5.74, 6) is 1.04.